The van der Waals surface area contributed by atoms with Gasteiger partial charge in [-0.1, -0.05) is 11.6 Å². The number of amides is 1. The second-order valence-electron chi connectivity index (χ2n) is 4.79. The van der Waals surface area contributed by atoms with E-state index in [0.717, 1.165) is 12.1 Å². The summed E-state index contributed by atoms with van der Waals surface area (Å²) in [7, 11) is -2.82. The molecule has 0 heterocycles. The minimum atomic E-state index is -4.10. The van der Waals surface area contributed by atoms with E-state index in [1.165, 1.54) is 25.3 Å². The van der Waals surface area contributed by atoms with Crippen LogP contribution in [0.4, 0.5) is 14.5 Å². The van der Waals surface area contributed by atoms with E-state index in [4.69, 9.17) is 16.3 Å². The molecule has 1 amide bonds. The maximum Gasteiger partial charge on any atom is 0.244 e. The van der Waals surface area contributed by atoms with Crippen LogP contribution >= 0.6 is 11.6 Å². The number of ether oxygens (including phenoxy) is 1. The van der Waals surface area contributed by atoms with Gasteiger partial charge in [0.2, 0.25) is 15.9 Å². The van der Waals surface area contributed by atoms with Gasteiger partial charge in [-0.3, -0.25) is 4.79 Å². The summed E-state index contributed by atoms with van der Waals surface area (Å²) in [4.78, 5) is 11.5. The molecule has 0 radical (unpaired) electrons. The van der Waals surface area contributed by atoms with Crippen LogP contribution in [0.25, 0.3) is 0 Å². The third kappa shape index (κ3) is 4.88. The lowest BCUT2D eigenvalue weighted by Gasteiger charge is -2.11. The summed E-state index contributed by atoms with van der Waals surface area (Å²) in [6.07, 6.45) is 0. The highest BCUT2D eigenvalue weighted by atomic mass is 35.5. The standard InChI is InChI=1S/C15H13ClF2N2O4S/c1-24-13-5-2-9(16)6-14(13)25(22,23)19-8-15(21)20-12-4-3-10(17)7-11(12)18/h2-7,19H,8H2,1H3,(H,20,21). The number of methoxy groups -OCH3 is 1. The molecule has 6 nitrogen and oxygen atoms in total. The number of carbonyl (C=O) groups excluding carboxylic acids is 1. The van der Waals surface area contributed by atoms with Gasteiger partial charge in [0.1, 0.15) is 22.3 Å². The van der Waals surface area contributed by atoms with Crippen molar-refractivity contribution < 1.29 is 26.7 Å². The van der Waals surface area contributed by atoms with E-state index < -0.39 is 34.1 Å². The summed E-state index contributed by atoms with van der Waals surface area (Å²) >= 11 is 5.78. The van der Waals surface area contributed by atoms with Gasteiger partial charge in [0.25, 0.3) is 0 Å². The molecule has 0 saturated carbocycles. The first kappa shape index (κ1) is 19.1. The van der Waals surface area contributed by atoms with Crippen LogP contribution in [0.15, 0.2) is 41.3 Å². The highest BCUT2D eigenvalue weighted by Gasteiger charge is 2.21. The Balaban J connectivity index is 2.09. The topological polar surface area (TPSA) is 84.5 Å². The quantitative estimate of drug-likeness (QED) is 0.793. The summed E-state index contributed by atoms with van der Waals surface area (Å²) in [6, 6.07) is 6.56. The van der Waals surface area contributed by atoms with Crippen LogP contribution < -0.4 is 14.8 Å². The second kappa shape index (κ2) is 7.77. The first-order valence-corrected chi connectivity index (χ1v) is 8.67. The molecule has 2 aromatic rings. The zero-order valence-electron chi connectivity index (χ0n) is 12.8. The van der Waals surface area contributed by atoms with Crippen LogP contribution in [0.3, 0.4) is 0 Å². The molecule has 0 aromatic heterocycles. The monoisotopic (exact) mass is 390 g/mol. The summed E-state index contributed by atoms with van der Waals surface area (Å²) in [5.74, 6) is -2.58. The van der Waals surface area contributed by atoms with E-state index in [1.54, 1.807) is 0 Å². The molecule has 2 rings (SSSR count). The number of hydrogen-bond donors (Lipinski definition) is 2. The minimum Gasteiger partial charge on any atom is -0.495 e. The number of anilines is 1. The lowest BCUT2D eigenvalue weighted by atomic mass is 10.3. The zero-order chi connectivity index (χ0) is 18.6. The molecule has 0 aliphatic heterocycles. The lowest BCUT2D eigenvalue weighted by Crippen LogP contribution is -2.33. The number of sulfonamides is 1. The van der Waals surface area contributed by atoms with E-state index >= 15 is 0 Å². The molecule has 2 aromatic carbocycles. The van der Waals surface area contributed by atoms with Crippen molar-refractivity contribution in [2.45, 2.75) is 4.90 Å². The summed E-state index contributed by atoms with van der Waals surface area (Å²) < 4.78 is 57.8. The van der Waals surface area contributed by atoms with Crippen LogP contribution in [0.5, 0.6) is 5.75 Å². The number of carbonyl (C=O) groups is 1. The van der Waals surface area contributed by atoms with E-state index in [1.807, 2.05) is 0 Å². The fourth-order valence-corrected chi connectivity index (χ4v) is 3.30. The van der Waals surface area contributed by atoms with Crippen molar-refractivity contribution in [3.8, 4) is 5.75 Å². The zero-order valence-corrected chi connectivity index (χ0v) is 14.4. The van der Waals surface area contributed by atoms with Crippen molar-refractivity contribution in [3.05, 3.63) is 53.1 Å². The largest absolute Gasteiger partial charge is 0.495 e. The lowest BCUT2D eigenvalue weighted by molar-refractivity contribution is -0.115. The van der Waals surface area contributed by atoms with Gasteiger partial charge in [-0.15, -0.1) is 0 Å². The predicted octanol–water partition coefficient (Wildman–Crippen LogP) is 2.54. The highest BCUT2D eigenvalue weighted by Crippen LogP contribution is 2.26. The molecule has 0 unspecified atom stereocenters. The maximum absolute atomic E-state index is 13.5. The summed E-state index contributed by atoms with van der Waals surface area (Å²) in [6.45, 7) is -0.672. The smallest absolute Gasteiger partial charge is 0.244 e. The normalized spacial score (nSPS) is 11.2. The average Bonchev–Trinajstić information content (AvgIpc) is 2.55. The van der Waals surface area contributed by atoms with Crippen molar-refractivity contribution in [1.82, 2.24) is 4.72 Å². The Hall–Kier alpha value is -2.23. The Morgan fingerprint density at radius 2 is 1.92 bits per heavy atom. The van der Waals surface area contributed by atoms with Crippen molar-refractivity contribution in [2.75, 3.05) is 19.0 Å². The Morgan fingerprint density at radius 3 is 2.56 bits per heavy atom. The Kier molecular flexibility index (Phi) is 5.93. The molecule has 0 fully saturated rings. The van der Waals surface area contributed by atoms with Gasteiger partial charge in [-0.25, -0.2) is 21.9 Å². The molecule has 2 N–H and O–H groups in total. The molecule has 0 atom stereocenters. The van der Waals surface area contributed by atoms with Gasteiger partial charge < -0.3 is 10.1 Å². The Labute approximate surface area is 147 Å². The van der Waals surface area contributed by atoms with Gasteiger partial charge in [0, 0.05) is 11.1 Å². The molecule has 0 aliphatic carbocycles. The Morgan fingerprint density at radius 1 is 1.20 bits per heavy atom. The fourth-order valence-electron chi connectivity index (χ4n) is 1.88. The van der Waals surface area contributed by atoms with Gasteiger partial charge in [0.15, 0.2) is 0 Å². The van der Waals surface area contributed by atoms with Gasteiger partial charge in [0.05, 0.1) is 19.3 Å². The van der Waals surface area contributed by atoms with Crippen LogP contribution in [-0.4, -0.2) is 28.0 Å². The van der Waals surface area contributed by atoms with Crippen LogP contribution in [0, 0.1) is 11.6 Å². The van der Waals surface area contributed by atoms with Crippen LogP contribution in [0.1, 0.15) is 0 Å². The van der Waals surface area contributed by atoms with Crippen molar-refractivity contribution >= 4 is 33.2 Å². The number of rotatable bonds is 6. The molecular formula is C15H13ClF2N2O4S. The predicted molar refractivity (Wildman–Crippen MR) is 88.2 cm³/mol. The van der Waals surface area contributed by atoms with Gasteiger partial charge in [-0.05, 0) is 30.3 Å². The highest BCUT2D eigenvalue weighted by molar-refractivity contribution is 7.89. The summed E-state index contributed by atoms with van der Waals surface area (Å²) in [5, 5.41) is 2.30. The first-order chi connectivity index (χ1) is 11.7. The average molecular weight is 391 g/mol. The molecule has 134 valence electrons. The third-order valence-corrected chi connectivity index (χ3v) is 4.70. The third-order valence-electron chi connectivity index (χ3n) is 3.04. The van der Waals surface area contributed by atoms with Crippen LogP contribution in [0.2, 0.25) is 5.02 Å². The van der Waals surface area contributed by atoms with E-state index in [2.05, 4.69) is 10.0 Å². The Bertz CT molecular complexity index is 906. The number of nitrogens with one attached hydrogen (secondary N) is 2. The molecule has 0 spiro atoms. The fraction of sp³-hybridized carbons (Fsp3) is 0.133. The minimum absolute atomic E-state index is 0.0434. The molecule has 0 saturated heterocycles. The second-order valence-corrected chi connectivity index (χ2v) is 6.96. The van der Waals surface area contributed by atoms with E-state index in [-0.39, 0.29) is 21.4 Å². The molecular weight excluding hydrogens is 378 g/mol. The van der Waals surface area contributed by atoms with E-state index in [9.17, 15) is 22.0 Å². The SMILES string of the molecule is COc1ccc(Cl)cc1S(=O)(=O)NCC(=O)Nc1ccc(F)cc1F. The number of hydrogen-bond acceptors (Lipinski definition) is 4. The first-order valence-electron chi connectivity index (χ1n) is 6.81. The molecule has 0 bridgehead atoms. The van der Waals surface area contributed by atoms with Gasteiger partial charge >= 0.3 is 0 Å². The molecule has 10 heteroatoms. The molecule has 25 heavy (non-hydrogen) atoms. The number of benzene rings is 2. The van der Waals surface area contributed by atoms with Crippen molar-refractivity contribution in [2.24, 2.45) is 0 Å². The van der Waals surface area contributed by atoms with E-state index in [0.29, 0.717) is 6.07 Å². The van der Waals surface area contributed by atoms with Crippen molar-refractivity contribution in [1.29, 1.82) is 0 Å². The maximum atomic E-state index is 13.5. The van der Waals surface area contributed by atoms with Crippen molar-refractivity contribution in [3.63, 3.8) is 0 Å². The molecule has 0 aliphatic rings. The van der Waals surface area contributed by atoms with Crippen LogP contribution in [-0.2, 0) is 14.8 Å². The number of halogens is 3. The summed E-state index contributed by atoms with van der Waals surface area (Å²) in [5.41, 5.74) is -0.272. The van der Waals surface area contributed by atoms with Gasteiger partial charge in [-0.2, -0.15) is 0 Å².